The van der Waals surface area contributed by atoms with Crippen LogP contribution in [-0.2, 0) is 9.59 Å². The van der Waals surface area contributed by atoms with Gasteiger partial charge < -0.3 is 15.2 Å². The van der Waals surface area contributed by atoms with Gasteiger partial charge in [-0.15, -0.1) is 0 Å². The Morgan fingerprint density at radius 2 is 1.56 bits per heavy atom. The molecule has 2 amide bonds. The van der Waals surface area contributed by atoms with Gasteiger partial charge >= 0.3 is 0 Å². The third-order valence-corrected chi connectivity index (χ3v) is 5.92. The second-order valence-corrected chi connectivity index (χ2v) is 8.56. The molecule has 0 fully saturated rings. The molecule has 3 aromatic carbocycles. The molecule has 0 unspecified atom stereocenters. The third-order valence-electron chi connectivity index (χ3n) is 5.06. The summed E-state index contributed by atoms with van der Waals surface area (Å²) in [5, 5.41) is 3.27. The van der Waals surface area contributed by atoms with E-state index in [0.717, 1.165) is 22.5 Å². The number of H-pyrrole nitrogens is 1. The summed E-state index contributed by atoms with van der Waals surface area (Å²) in [5.74, 6) is -0.830. The number of benzene rings is 3. The van der Waals surface area contributed by atoms with Gasteiger partial charge in [0.15, 0.2) is 5.16 Å². The standard InChI is InChI=1S/C26H23FN4O2S/c1-31(16-22(32)28-21-14-12-20(27)13-15-21)23(33)17-34-26-29-24(18-8-4-2-5-9-18)25(30-26)19-10-6-3-7-11-19/h2-15H,16-17H2,1H3,(H,28,32)(H,29,30). The highest BCUT2D eigenvalue weighted by atomic mass is 32.2. The van der Waals surface area contributed by atoms with Crippen LogP contribution in [-0.4, -0.2) is 46.0 Å². The number of aromatic amines is 1. The summed E-state index contributed by atoms with van der Waals surface area (Å²) in [5.41, 5.74) is 4.15. The lowest BCUT2D eigenvalue weighted by atomic mass is 10.1. The summed E-state index contributed by atoms with van der Waals surface area (Å²) < 4.78 is 13.0. The van der Waals surface area contributed by atoms with Crippen molar-refractivity contribution < 1.29 is 14.0 Å². The van der Waals surface area contributed by atoms with E-state index in [0.29, 0.717) is 10.8 Å². The Hall–Kier alpha value is -3.91. The summed E-state index contributed by atoms with van der Waals surface area (Å²) in [7, 11) is 1.57. The average Bonchev–Trinajstić information content (AvgIpc) is 3.29. The van der Waals surface area contributed by atoms with E-state index in [9.17, 15) is 14.0 Å². The molecule has 6 nitrogen and oxygen atoms in total. The second-order valence-electron chi connectivity index (χ2n) is 7.59. The maximum absolute atomic E-state index is 13.0. The molecule has 172 valence electrons. The van der Waals surface area contributed by atoms with Crippen LogP contribution >= 0.6 is 11.8 Å². The number of imidazole rings is 1. The smallest absolute Gasteiger partial charge is 0.243 e. The van der Waals surface area contributed by atoms with Crippen LogP contribution in [0.3, 0.4) is 0 Å². The largest absolute Gasteiger partial charge is 0.336 e. The van der Waals surface area contributed by atoms with E-state index in [1.54, 1.807) is 7.05 Å². The van der Waals surface area contributed by atoms with Gasteiger partial charge in [-0.1, -0.05) is 72.4 Å². The molecule has 34 heavy (non-hydrogen) atoms. The lowest BCUT2D eigenvalue weighted by Crippen LogP contribution is -2.35. The number of carbonyl (C=O) groups excluding carboxylic acids is 2. The van der Waals surface area contributed by atoms with Crippen LogP contribution in [0.15, 0.2) is 90.1 Å². The van der Waals surface area contributed by atoms with Gasteiger partial charge in [0.1, 0.15) is 5.82 Å². The van der Waals surface area contributed by atoms with Crippen LogP contribution in [0.1, 0.15) is 0 Å². The highest BCUT2D eigenvalue weighted by molar-refractivity contribution is 7.99. The second kappa shape index (κ2) is 10.8. The quantitative estimate of drug-likeness (QED) is 0.350. The van der Waals surface area contributed by atoms with Crippen molar-refractivity contribution in [2.24, 2.45) is 0 Å². The molecule has 0 atom stereocenters. The van der Waals surface area contributed by atoms with Crippen LogP contribution in [0.2, 0.25) is 0 Å². The zero-order valence-corrected chi connectivity index (χ0v) is 19.3. The number of nitrogens with one attached hydrogen (secondary N) is 2. The summed E-state index contributed by atoms with van der Waals surface area (Å²) in [6, 6.07) is 25.2. The van der Waals surface area contributed by atoms with E-state index in [-0.39, 0.29) is 29.9 Å². The van der Waals surface area contributed by atoms with Crippen molar-refractivity contribution in [2.75, 3.05) is 24.7 Å². The van der Waals surface area contributed by atoms with Crippen LogP contribution in [0.5, 0.6) is 0 Å². The highest BCUT2D eigenvalue weighted by Crippen LogP contribution is 2.32. The number of thioether (sulfide) groups is 1. The zero-order chi connectivity index (χ0) is 23.9. The average molecular weight is 475 g/mol. The molecule has 0 saturated carbocycles. The van der Waals surface area contributed by atoms with Gasteiger partial charge in [0, 0.05) is 23.9 Å². The van der Waals surface area contributed by atoms with Crippen molar-refractivity contribution in [1.29, 1.82) is 0 Å². The fourth-order valence-electron chi connectivity index (χ4n) is 3.32. The molecule has 1 heterocycles. The van der Waals surface area contributed by atoms with Gasteiger partial charge in [-0.2, -0.15) is 0 Å². The van der Waals surface area contributed by atoms with E-state index in [1.807, 2.05) is 60.7 Å². The number of carbonyl (C=O) groups is 2. The fraction of sp³-hybridized carbons (Fsp3) is 0.115. The lowest BCUT2D eigenvalue weighted by molar-refractivity contribution is -0.131. The van der Waals surface area contributed by atoms with E-state index in [2.05, 4.69) is 10.3 Å². The van der Waals surface area contributed by atoms with Crippen LogP contribution in [0.4, 0.5) is 10.1 Å². The first kappa shape index (κ1) is 23.3. The van der Waals surface area contributed by atoms with E-state index >= 15 is 0 Å². The summed E-state index contributed by atoms with van der Waals surface area (Å²) in [6.45, 7) is -0.112. The summed E-state index contributed by atoms with van der Waals surface area (Å²) >= 11 is 1.28. The number of hydrogen-bond acceptors (Lipinski definition) is 4. The van der Waals surface area contributed by atoms with Crippen LogP contribution < -0.4 is 5.32 Å². The molecule has 0 aliphatic carbocycles. The number of hydrogen-bond donors (Lipinski definition) is 2. The Kier molecular flexibility index (Phi) is 7.39. The molecule has 8 heteroatoms. The SMILES string of the molecule is CN(CC(=O)Nc1ccc(F)cc1)C(=O)CSc1nc(-c2ccccc2)c(-c2ccccc2)[nH]1. The summed E-state index contributed by atoms with van der Waals surface area (Å²) in [6.07, 6.45) is 0. The predicted molar refractivity (Wildman–Crippen MR) is 133 cm³/mol. The number of halogens is 1. The van der Waals surface area contributed by atoms with Crippen molar-refractivity contribution in [2.45, 2.75) is 5.16 Å². The third kappa shape index (κ3) is 5.90. The van der Waals surface area contributed by atoms with Crippen LogP contribution in [0.25, 0.3) is 22.5 Å². The van der Waals surface area contributed by atoms with Gasteiger partial charge in [-0.25, -0.2) is 9.37 Å². The molecule has 2 N–H and O–H groups in total. The Labute approximate surface area is 201 Å². The van der Waals surface area contributed by atoms with Crippen molar-refractivity contribution in [1.82, 2.24) is 14.9 Å². The molecular formula is C26H23FN4O2S. The van der Waals surface area contributed by atoms with Crippen LogP contribution in [0, 0.1) is 5.82 Å². The Balaban J connectivity index is 1.40. The number of nitrogens with zero attached hydrogens (tertiary/aromatic N) is 2. The maximum Gasteiger partial charge on any atom is 0.243 e. The number of likely N-dealkylation sites (N-methyl/N-ethyl adjacent to an activating group) is 1. The molecule has 0 saturated heterocycles. The topological polar surface area (TPSA) is 78.1 Å². The van der Waals surface area contributed by atoms with E-state index in [4.69, 9.17) is 4.98 Å². The van der Waals surface area contributed by atoms with Gasteiger partial charge in [0.25, 0.3) is 0 Å². The molecule has 0 radical (unpaired) electrons. The highest BCUT2D eigenvalue weighted by Gasteiger charge is 2.17. The number of anilines is 1. The van der Waals surface area contributed by atoms with Gasteiger partial charge in [-0.3, -0.25) is 9.59 Å². The Morgan fingerprint density at radius 3 is 2.21 bits per heavy atom. The Morgan fingerprint density at radius 1 is 0.941 bits per heavy atom. The van der Waals surface area contributed by atoms with Gasteiger partial charge in [-0.05, 0) is 24.3 Å². The van der Waals surface area contributed by atoms with E-state index in [1.165, 1.54) is 40.9 Å². The molecule has 4 rings (SSSR count). The summed E-state index contributed by atoms with van der Waals surface area (Å²) in [4.78, 5) is 34.3. The monoisotopic (exact) mass is 474 g/mol. The minimum absolute atomic E-state index is 0.112. The molecule has 0 aliphatic heterocycles. The molecule has 1 aromatic heterocycles. The zero-order valence-electron chi connectivity index (χ0n) is 18.5. The van der Waals surface area contributed by atoms with Crippen molar-refractivity contribution >= 4 is 29.3 Å². The predicted octanol–water partition coefficient (Wildman–Crippen LogP) is 5.07. The molecule has 0 aliphatic rings. The molecular weight excluding hydrogens is 451 g/mol. The van der Waals surface area contributed by atoms with Crippen molar-refractivity contribution in [3.05, 3.63) is 90.7 Å². The van der Waals surface area contributed by atoms with Crippen molar-refractivity contribution in [3.63, 3.8) is 0 Å². The molecule has 0 spiro atoms. The van der Waals surface area contributed by atoms with Gasteiger partial charge in [0.2, 0.25) is 11.8 Å². The minimum Gasteiger partial charge on any atom is -0.336 e. The first-order chi connectivity index (χ1) is 16.5. The normalized spacial score (nSPS) is 10.6. The molecule has 0 bridgehead atoms. The fourth-order valence-corrected chi connectivity index (χ4v) is 4.13. The molecule has 4 aromatic rings. The number of rotatable bonds is 8. The lowest BCUT2D eigenvalue weighted by Gasteiger charge is -2.16. The number of amides is 2. The first-order valence-corrected chi connectivity index (χ1v) is 11.6. The van der Waals surface area contributed by atoms with E-state index < -0.39 is 0 Å². The van der Waals surface area contributed by atoms with Gasteiger partial charge in [0.05, 0.1) is 23.7 Å². The Bertz CT molecular complexity index is 1200. The maximum atomic E-state index is 13.0. The van der Waals surface area contributed by atoms with Crippen molar-refractivity contribution in [3.8, 4) is 22.5 Å². The minimum atomic E-state index is -0.383. The first-order valence-electron chi connectivity index (χ1n) is 10.6. The number of aromatic nitrogens is 2.